The highest BCUT2D eigenvalue weighted by molar-refractivity contribution is 9.10. The average Bonchev–Trinajstić information content (AvgIpc) is 2.91. The molecule has 0 aliphatic rings. The van der Waals surface area contributed by atoms with Gasteiger partial charge < -0.3 is 14.6 Å². The molecule has 1 aromatic carbocycles. The van der Waals surface area contributed by atoms with E-state index in [0.717, 1.165) is 21.4 Å². The Balaban J connectivity index is 2.59. The van der Waals surface area contributed by atoms with Gasteiger partial charge >= 0.3 is 5.97 Å². The molecule has 0 fully saturated rings. The molecule has 0 bridgehead atoms. The summed E-state index contributed by atoms with van der Waals surface area (Å²) >= 11 is 4.62. The SMILES string of the molecule is CCc1nc(-c2cc(OC)c(OC)cc2Br)sc1C(=O)O. The zero-order chi connectivity index (χ0) is 15.6. The molecular formula is C14H14BrNO4S. The van der Waals surface area contributed by atoms with Crippen molar-refractivity contribution in [3.8, 4) is 22.1 Å². The third-order valence-corrected chi connectivity index (χ3v) is 4.71. The number of methoxy groups -OCH3 is 2. The summed E-state index contributed by atoms with van der Waals surface area (Å²) in [5.74, 6) is 0.215. The number of benzene rings is 1. The van der Waals surface area contributed by atoms with Gasteiger partial charge in [-0.2, -0.15) is 0 Å². The summed E-state index contributed by atoms with van der Waals surface area (Å²) in [5.41, 5.74) is 1.36. The highest BCUT2D eigenvalue weighted by Crippen LogP contribution is 2.40. The molecule has 21 heavy (non-hydrogen) atoms. The molecule has 1 aromatic heterocycles. The largest absolute Gasteiger partial charge is 0.493 e. The minimum absolute atomic E-state index is 0.272. The molecule has 0 atom stereocenters. The molecule has 2 aromatic rings. The second-order valence-corrected chi connectivity index (χ2v) is 5.99. The van der Waals surface area contributed by atoms with Gasteiger partial charge in [0.05, 0.1) is 19.9 Å². The van der Waals surface area contributed by atoms with Crippen molar-refractivity contribution in [3.05, 3.63) is 27.2 Å². The Hall–Kier alpha value is -1.60. The minimum Gasteiger partial charge on any atom is -0.493 e. The van der Waals surface area contributed by atoms with E-state index in [-0.39, 0.29) is 4.88 Å². The molecule has 5 nitrogen and oxygen atoms in total. The number of aromatic carboxylic acids is 1. The molecule has 112 valence electrons. The summed E-state index contributed by atoms with van der Waals surface area (Å²) in [6.45, 7) is 1.88. The quantitative estimate of drug-likeness (QED) is 0.864. The second-order valence-electron chi connectivity index (χ2n) is 4.14. The molecule has 7 heteroatoms. The topological polar surface area (TPSA) is 68.7 Å². The van der Waals surface area contributed by atoms with E-state index in [2.05, 4.69) is 20.9 Å². The number of thiazole rings is 1. The lowest BCUT2D eigenvalue weighted by atomic mass is 10.2. The summed E-state index contributed by atoms with van der Waals surface area (Å²) in [6.07, 6.45) is 0.572. The van der Waals surface area contributed by atoms with Crippen molar-refractivity contribution in [1.29, 1.82) is 0 Å². The van der Waals surface area contributed by atoms with Crippen LogP contribution >= 0.6 is 27.3 Å². The van der Waals surface area contributed by atoms with Crippen LogP contribution in [0.25, 0.3) is 10.6 Å². The van der Waals surface area contributed by atoms with Crippen molar-refractivity contribution in [2.24, 2.45) is 0 Å². The van der Waals surface area contributed by atoms with E-state index in [1.165, 1.54) is 0 Å². The fourth-order valence-electron chi connectivity index (χ4n) is 1.89. The number of ether oxygens (including phenoxy) is 2. The number of rotatable bonds is 5. The molecule has 0 saturated heterocycles. The van der Waals surface area contributed by atoms with Gasteiger partial charge in [0.1, 0.15) is 9.88 Å². The van der Waals surface area contributed by atoms with E-state index in [9.17, 15) is 9.90 Å². The number of hydrogen-bond acceptors (Lipinski definition) is 5. The van der Waals surface area contributed by atoms with Gasteiger partial charge in [-0.3, -0.25) is 0 Å². The Morgan fingerprint density at radius 1 is 1.33 bits per heavy atom. The van der Waals surface area contributed by atoms with Gasteiger partial charge in [0.2, 0.25) is 0 Å². The molecule has 1 N–H and O–H groups in total. The van der Waals surface area contributed by atoms with Crippen LogP contribution in [0.15, 0.2) is 16.6 Å². The number of nitrogens with zero attached hydrogens (tertiary/aromatic N) is 1. The summed E-state index contributed by atoms with van der Waals surface area (Å²) in [5, 5.41) is 9.86. The van der Waals surface area contributed by atoms with E-state index in [4.69, 9.17) is 9.47 Å². The van der Waals surface area contributed by atoms with Crippen LogP contribution in [-0.2, 0) is 6.42 Å². The van der Waals surface area contributed by atoms with Crippen LogP contribution in [0.5, 0.6) is 11.5 Å². The maximum Gasteiger partial charge on any atom is 0.347 e. The molecule has 0 aliphatic heterocycles. The maximum absolute atomic E-state index is 11.2. The van der Waals surface area contributed by atoms with Gasteiger partial charge in [0, 0.05) is 10.0 Å². The molecule has 0 amide bonds. The number of carboxylic acids is 1. The number of carbonyl (C=O) groups is 1. The van der Waals surface area contributed by atoms with Gasteiger partial charge in [-0.05, 0) is 34.5 Å². The highest BCUT2D eigenvalue weighted by atomic mass is 79.9. The minimum atomic E-state index is -0.952. The molecule has 0 spiro atoms. The van der Waals surface area contributed by atoms with Crippen LogP contribution in [0.4, 0.5) is 0 Å². The molecule has 0 saturated carbocycles. The molecule has 0 aliphatic carbocycles. The van der Waals surface area contributed by atoms with Gasteiger partial charge in [-0.1, -0.05) is 6.92 Å². The normalized spacial score (nSPS) is 10.5. The first kappa shape index (κ1) is 15.8. The molecule has 2 rings (SSSR count). The molecule has 0 radical (unpaired) electrons. The van der Waals surface area contributed by atoms with Crippen molar-refractivity contribution in [3.63, 3.8) is 0 Å². The summed E-state index contributed by atoms with van der Waals surface area (Å²) in [6, 6.07) is 3.56. The van der Waals surface area contributed by atoms with E-state index in [1.807, 2.05) is 6.92 Å². The van der Waals surface area contributed by atoms with Crippen LogP contribution in [0.1, 0.15) is 22.3 Å². The zero-order valence-corrected chi connectivity index (χ0v) is 14.2. The van der Waals surface area contributed by atoms with E-state index < -0.39 is 5.97 Å². The number of carboxylic acid groups (broad SMARTS) is 1. The standard InChI is InChI=1S/C14H14BrNO4S/c1-4-9-12(14(17)18)21-13(16-9)7-5-10(19-2)11(20-3)6-8(7)15/h5-6H,4H2,1-3H3,(H,17,18). The van der Waals surface area contributed by atoms with Crippen molar-refractivity contribution < 1.29 is 19.4 Å². The van der Waals surface area contributed by atoms with Crippen molar-refractivity contribution in [2.75, 3.05) is 14.2 Å². The fourth-order valence-corrected chi connectivity index (χ4v) is 3.56. The lowest BCUT2D eigenvalue weighted by molar-refractivity contribution is 0.0701. The first-order valence-corrected chi connectivity index (χ1v) is 7.77. The Morgan fingerprint density at radius 2 is 1.95 bits per heavy atom. The van der Waals surface area contributed by atoms with Gasteiger partial charge in [-0.25, -0.2) is 9.78 Å². The molecule has 1 heterocycles. The smallest absolute Gasteiger partial charge is 0.347 e. The number of hydrogen-bond donors (Lipinski definition) is 1. The summed E-state index contributed by atoms with van der Waals surface area (Å²) in [7, 11) is 3.11. The Labute approximate surface area is 134 Å². The number of halogens is 1. The van der Waals surface area contributed by atoms with Crippen LogP contribution in [0, 0.1) is 0 Å². The Morgan fingerprint density at radius 3 is 2.43 bits per heavy atom. The van der Waals surface area contributed by atoms with E-state index >= 15 is 0 Å². The monoisotopic (exact) mass is 371 g/mol. The van der Waals surface area contributed by atoms with Gasteiger partial charge in [0.15, 0.2) is 11.5 Å². The van der Waals surface area contributed by atoms with Crippen molar-refractivity contribution in [2.45, 2.75) is 13.3 Å². The van der Waals surface area contributed by atoms with E-state index in [0.29, 0.717) is 28.6 Å². The fraction of sp³-hybridized carbons (Fsp3) is 0.286. The highest BCUT2D eigenvalue weighted by Gasteiger charge is 2.19. The van der Waals surface area contributed by atoms with Gasteiger partial charge in [-0.15, -0.1) is 11.3 Å². The van der Waals surface area contributed by atoms with Crippen LogP contribution < -0.4 is 9.47 Å². The molecule has 0 unspecified atom stereocenters. The third-order valence-electron chi connectivity index (χ3n) is 2.93. The van der Waals surface area contributed by atoms with Crippen LogP contribution in [0.3, 0.4) is 0 Å². The maximum atomic E-state index is 11.2. The molecular weight excluding hydrogens is 358 g/mol. The van der Waals surface area contributed by atoms with Crippen molar-refractivity contribution in [1.82, 2.24) is 4.98 Å². The lowest BCUT2D eigenvalue weighted by Gasteiger charge is -2.10. The van der Waals surface area contributed by atoms with Crippen LogP contribution in [-0.4, -0.2) is 30.3 Å². The first-order valence-electron chi connectivity index (χ1n) is 6.16. The van der Waals surface area contributed by atoms with Crippen LogP contribution in [0.2, 0.25) is 0 Å². The number of aryl methyl sites for hydroxylation is 1. The van der Waals surface area contributed by atoms with Gasteiger partial charge in [0.25, 0.3) is 0 Å². The summed E-state index contributed by atoms with van der Waals surface area (Å²) in [4.78, 5) is 15.9. The summed E-state index contributed by atoms with van der Waals surface area (Å²) < 4.78 is 11.3. The Bertz CT molecular complexity index is 684. The number of aromatic nitrogens is 1. The van der Waals surface area contributed by atoms with Crippen molar-refractivity contribution >= 4 is 33.2 Å². The lowest BCUT2D eigenvalue weighted by Crippen LogP contribution is -1.97. The first-order chi connectivity index (χ1) is 10.0. The Kier molecular flexibility index (Phi) is 4.84. The average molecular weight is 372 g/mol. The predicted molar refractivity (Wildman–Crippen MR) is 84.7 cm³/mol. The zero-order valence-electron chi connectivity index (χ0n) is 11.8. The second kappa shape index (κ2) is 6.44. The predicted octanol–water partition coefficient (Wildman–Crippen LogP) is 3.85. The third kappa shape index (κ3) is 3.03. The van der Waals surface area contributed by atoms with E-state index in [1.54, 1.807) is 26.4 Å².